The summed E-state index contributed by atoms with van der Waals surface area (Å²) in [7, 11) is 0. The molecule has 23 heavy (non-hydrogen) atoms. The molecule has 2 N–H and O–H groups in total. The second-order valence-electron chi connectivity index (χ2n) is 5.08. The van der Waals surface area contributed by atoms with E-state index < -0.39 is 17.8 Å². The van der Waals surface area contributed by atoms with Crippen LogP contribution in [0.25, 0.3) is 0 Å². The molecule has 124 valence electrons. The molecular weight excluding hydrogens is 309 g/mol. The maximum Gasteiger partial charge on any atom is 0.416 e. The highest BCUT2D eigenvalue weighted by molar-refractivity contribution is 5.35. The van der Waals surface area contributed by atoms with E-state index in [1.54, 1.807) is 19.1 Å². The molecule has 0 saturated heterocycles. The van der Waals surface area contributed by atoms with Crippen LogP contribution in [0.15, 0.2) is 42.6 Å². The molecule has 1 atom stereocenters. The van der Waals surface area contributed by atoms with Crippen molar-refractivity contribution in [2.24, 2.45) is 0 Å². The Labute approximate surface area is 131 Å². The van der Waals surface area contributed by atoms with Gasteiger partial charge in [-0.25, -0.2) is 4.98 Å². The molecular formula is C16H17F3N2O2. The number of aromatic nitrogens is 1. The highest BCUT2D eigenvalue weighted by Gasteiger charge is 2.30. The van der Waals surface area contributed by atoms with Gasteiger partial charge in [-0.05, 0) is 31.2 Å². The summed E-state index contributed by atoms with van der Waals surface area (Å²) in [6.45, 7) is 2.42. The summed E-state index contributed by atoms with van der Waals surface area (Å²) in [4.78, 5) is 4.06. The van der Waals surface area contributed by atoms with E-state index >= 15 is 0 Å². The van der Waals surface area contributed by atoms with Crippen molar-refractivity contribution < 1.29 is 23.0 Å². The third kappa shape index (κ3) is 5.22. The Morgan fingerprint density at radius 3 is 2.74 bits per heavy atom. The third-order valence-corrected chi connectivity index (χ3v) is 2.98. The Kier molecular flexibility index (Phi) is 5.57. The predicted molar refractivity (Wildman–Crippen MR) is 79.1 cm³/mol. The second-order valence-corrected chi connectivity index (χ2v) is 5.08. The molecule has 0 radical (unpaired) electrons. The van der Waals surface area contributed by atoms with Gasteiger partial charge < -0.3 is 15.2 Å². The first-order chi connectivity index (χ1) is 10.9. The molecule has 1 heterocycles. The van der Waals surface area contributed by atoms with Crippen LogP contribution in [0.1, 0.15) is 18.1 Å². The molecule has 0 saturated carbocycles. The van der Waals surface area contributed by atoms with Crippen molar-refractivity contribution in [1.29, 1.82) is 0 Å². The Morgan fingerprint density at radius 1 is 1.26 bits per heavy atom. The van der Waals surface area contributed by atoms with Crippen LogP contribution in [0.5, 0.6) is 11.6 Å². The largest absolute Gasteiger partial charge is 0.439 e. The first kappa shape index (κ1) is 17.2. The summed E-state index contributed by atoms with van der Waals surface area (Å²) < 4.78 is 43.7. The van der Waals surface area contributed by atoms with Gasteiger partial charge in [0.15, 0.2) is 0 Å². The number of ether oxygens (including phenoxy) is 1. The minimum Gasteiger partial charge on any atom is -0.439 e. The van der Waals surface area contributed by atoms with Crippen LogP contribution in [0.4, 0.5) is 13.2 Å². The Morgan fingerprint density at radius 2 is 2.04 bits per heavy atom. The molecule has 0 aliphatic rings. The van der Waals surface area contributed by atoms with Crippen LogP contribution in [0.3, 0.4) is 0 Å². The average Bonchev–Trinajstić information content (AvgIpc) is 2.48. The quantitative estimate of drug-likeness (QED) is 0.855. The molecule has 2 aromatic rings. The summed E-state index contributed by atoms with van der Waals surface area (Å²) in [5, 5.41) is 12.2. The molecule has 1 aromatic heterocycles. The topological polar surface area (TPSA) is 54.4 Å². The lowest BCUT2D eigenvalue weighted by molar-refractivity contribution is -0.137. The van der Waals surface area contributed by atoms with Gasteiger partial charge in [0.2, 0.25) is 5.88 Å². The van der Waals surface area contributed by atoms with Gasteiger partial charge in [0.05, 0.1) is 11.7 Å². The monoisotopic (exact) mass is 326 g/mol. The number of hydrogen-bond donors (Lipinski definition) is 2. The van der Waals surface area contributed by atoms with Gasteiger partial charge in [0, 0.05) is 24.8 Å². The highest BCUT2D eigenvalue weighted by Crippen LogP contribution is 2.32. The molecule has 1 unspecified atom stereocenters. The fraction of sp³-hybridized carbons (Fsp3) is 0.312. The van der Waals surface area contributed by atoms with E-state index in [9.17, 15) is 18.3 Å². The summed E-state index contributed by atoms with van der Waals surface area (Å²) in [5.74, 6) is 0.292. The number of alkyl halides is 3. The number of nitrogens with one attached hydrogen (secondary N) is 1. The first-order valence-corrected chi connectivity index (χ1v) is 7.04. The number of nitrogens with zero attached hydrogens (tertiary/aromatic N) is 1. The summed E-state index contributed by atoms with van der Waals surface area (Å²) >= 11 is 0. The molecule has 4 nitrogen and oxygen atoms in total. The lowest BCUT2D eigenvalue weighted by Gasteiger charge is -2.13. The molecule has 0 bridgehead atoms. The van der Waals surface area contributed by atoms with Crippen LogP contribution in [0.2, 0.25) is 0 Å². The van der Waals surface area contributed by atoms with Crippen molar-refractivity contribution in [3.05, 3.63) is 53.7 Å². The van der Waals surface area contributed by atoms with Gasteiger partial charge in [-0.2, -0.15) is 13.2 Å². The lowest BCUT2D eigenvalue weighted by atomic mass is 10.2. The van der Waals surface area contributed by atoms with Gasteiger partial charge in [0.1, 0.15) is 5.75 Å². The fourth-order valence-corrected chi connectivity index (χ4v) is 1.91. The van der Waals surface area contributed by atoms with Gasteiger partial charge in [-0.15, -0.1) is 0 Å². The number of aliphatic hydroxyl groups excluding tert-OH is 1. The number of rotatable bonds is 6. The molecule has 0 aliphatic heterocycles. The molecule has 2 rings (SSSR count). The molecule has 0 aliphatic carbocycles. The van der Waals surface area contributed by atoms with Crippen molar-refractivity contribution in [2.45, 2.75) is 25.7 Å². The van der Waals surface area contributed by atoms with E-state index in [0.29, 0.717) is 18.7 Å². The van der Waals surface area contributed by atoms with Gasteiger partial charge in [-0.1, -0.05) is 12.1 Å². The standard InChI is InChI=1S/C16H17F3N2O2/c1-11(22)9-20-10-12-4-3-7-21-15(12)23-14-6-2-5-13(8-14)16(17,18)19/h2-8,11,20,22H,9-10H2,1H3. The van der Waals surface area contributed by atoms with Crippen LogP contribution < -0.4 is 10.1 Å². The zero-order valence-corrected chi connectivity index (χ0v) is 12.5. The maximum atomic E-state index is 12.7. The minimum atomic E-state index is -4.43. The first-order valence-electron chi connectivity index (χ1n) is 7.04. The van der Waals surface area contributed by atoms with Crippen LogP contribution >= 0.6 is 0 Å². The number of hydrogen-bond acceptors (Lipinski definition) is 4. The lowest BCUT2D eigenvalue weighted by Crippen LogP contribution is -2.24. The number of aliphatic hydroxyl groups is 1. The molecule has 0 amide bonds. The maximum absolute atomic E-state index is 12.7. The molecule has 7 heteroatoms. The van der Waals surface area contributed by atoms with Crippen LogP contribution in [-0.4, -0.2) is 22.7 Å². The van der Waals surface area contributed by atoms with Crippen molar-refractivity contribution in [3.63, 3.8) is 0 Å². The van der Waals surface area contributed by atoms with Crippen molar-refractivity contribution in [2.75, 3.05) is 6.54 Å². The molecule has 0 fully saturated rings. The highest BCUT2D eigenvalue weighted by atomic mass is 19.4. The van der Waals surface area contributed by atoms with E-state index in [1.165, 1.54) is 18.3 Å². The van der Waals surface area contributed by atoms with Crippen LogP contribution in [0, 0.1) is 0 Å². The normalized spacial score (nSPS) is 12.9. The van der Waals surface area contributed by atoms with Crippen molar-refractivity contribution in [3.8, 4) is 11.6 Å². The second kappa shape index (κ2) is 7.43. The summed E-state index contributed by atoms with van der Waals surface area (Å²) in [6, 6.07) is 8.10. The number of benzene rings is 1. The zero-order valence-electron chi connectivity index (χ0n) is 12.5. The average molecular weight is 326 g/mol. The van der Waals surface area contributed by atoms with Gasteiger partial charge in [-0.3, -0.25) is 0 Å². The van der Waals surface area contributed by atoms with E-state index in [-0.39, 0.29) is 11.6 Å². The van der Waals surface area contributed by atoms with Gasteiger partial charge in [0.25, 0.3) is 0 Å². The summed E-state index contributed by atoms with van der Waals surface area (Å²) in [5.41, 5.74) is -0.0923. The Bertz CT molecular complexity index is 645. The molecule has 1 aromatic carbocycles. The van der Waals surface area contributed by atoms with Gasteiger partial charge >= 0.3 is 6.18 Å². The third-order valence-electron chi connectivity index (χ3n) is 2.98. The SMILES string of the molecule is CC(O)CNCc1cccnc1Oc1cccc(C(F)(F)F)c1. The van der Waals surface area contributed by atoms with E-state index in [4.69, 9.17) is 4.74 Å². The van der Waals surface area contributed by atoms with E-state index in [0.717, 1.165) is 12.1 Å². The number of pyridine rings is 1. The number of halogens is 3. The predicted octanol–water partition coefficient (Wildman–Crippen LogP) is 3.36. The van der Waals surface area contributed by atoms with Crippen LogP contribution in [-0.2, 0) is 12.7 Å². The van der Waals surface area contributed by atoms with Crippen molar-refractivity contribution in [1.82, 2.24) is 10.3 Å². The van der Waals surface area contributed by atoms with E-state index in [1.807, 2.05) is 0 Å². The fourth-order valence-electron chi connectivity index (χ4n) is 1.91. The Hall–Kier alpha value is -2.12. The molecule has 0 spiro atoms. The summed E-state index contributed by atoms with van der Waals surface area (Å²) in [6.07, 6.45) is -3.42. The van der Waals surface area contributed by atoms with Crippen molar-refractivity contribution >= 4 is 0 Å². The minimum absolute atomic E-state index is 0.0651. The zero-order chi connectivity index (χ0) is 16.9. The van der Waals surface area contributed by atoms with E-state index in [2.05, 4.69) is 10.3 Å². The smallest absolute Gasteiger partial charge is 0.416 e. The Balaban J connectivity index is 2.14.